The zero-order valence-electron chi connectivity index (χ0n) is 9.60. The van der Waals surface area contributed by atoms with Gasteiger partial charge in [0, 0.05) is 10.9 Å². The molecule has 0 N–H and O–H groups in total. The average Bonchev–Trinajstić information content (AvgIpc) is 2.76. The lowest BCUT2D eigenvalue weighted by atomic mass is 10.1. The van der Waals surface area contributed by atoms with Gasteiger partial charge in [0.05, 0.1) is 18.6 Å². The molecule has 0 bridgehead atoms. The smallest absolute Gasteiger partial charge is 0.410 e. The molecule has 5 heteroatoms. The third-order valence-electron chi connectivity index (χ3n) is 2.96. The predicted molar refractivity (Wildman–Crippen MR) is 68.5 cm³/mol. The van der Waals surface area contributed by atoms with Crippen molar-refractivity contribution in [3.05, 3.63) is 41.0 Å². The van der Waals surface area contributed by atoms with Crippen LogP contribution < -0.4 is 0 Å². The fraction of sp³-hybridized carbons (Fsp3) is 0.231. The maximum absolute atomic E-state index is 11.4. The molecule has 1 aromatic heterocycles. The van der Waals surface area contributed by atoms with E-state index < -0.39 is 0 Å². The van der Waals surface area contributed by atoms with Crippen LogP contribution in [-0.4, -0.2) is 29.1 Å². The van der Waals surface area contributed by atoms with Gasteiger partial charge in [0.1, 0.15) is 11.8 Å². The average molecular weight is 263 g/mol. The van der Waals surface area contributed by atoms with E-state index in [0.29, 0.717) is 24.8 Å². The van der Waals surface area contributed by atoms with E-state index in [9.17, 15) is 4.79 Å². The van der Waals surface area contributed by atoms with E-state index in [1.54, 1.807) is 4.90 Å². The molecule has 0 spiro atoms. The normalized spacial score (nSPS) is 15.2. The summed E-state index contributed by atoms with van der Waals surface area (Å²) in [7, 11) is 0. The van der Waals surface area contributed by atoms with Crippen molar-refractivity contribution in [2.75, 3.05) is 13.2 Å². The standard InChI is InChI=1S/C13H11ClN2O2/c14-12-10(8-16-5-6-18-13(16)17)7-9-3-1-2-4-11(9)15-12/h1-4,7H,5-6,8H2. The van der Waals surface area contributed by atoms with Crippen LogP contribution in [0.25, 0.3) is 10.9 Å². The summed E-state index contributed by atoms with van der Waals surface area (Å²) >= 11 is 6.14. The summed E-state index contributed by atoms with van der Waals surface area (Å²) < 4.78 is 4.89. The third kappa shape index (κ3) is 1.99. The molecule has 2 aromatic rings. The number of benzene rings is 1. The van der Waals surface area contributed by atoms with Gasteiger partial charge in [-0.05, 0) is 12.1 Å². The molecule has 1 saturated heterocycles. The van der Waals surface area contributed by atoms with E-state index in [1.807, 2.05) is 30.3 Å². The second-order valence-electron chi connectivity index (χ2n) is 4.17. The minimum Gasteiger partial charge on any atom is -0.448 e. The molecule has 4 nitrogen and oxygen atoms in total. The Morgan fingerprint density at radius 1 is 1.39 bits per heavy atom. The summed E-state index contributed by atoms with van der Waals surface area (Å²) in [5.41, 5.74) is 1.70. The first kappa shape index (κ1) is 11.3. The van der Waals surface area contributed by atoms with Gasteiger partial charge in [0.15, 0.2) is 0 Å². The zero-order valence-corrected chi connectivity index (χ0v) is 10.4. The lowest BCUT2D eigenvalue weighted by Crippen LogP contribution is -2.23. The molecular formula is C13H11ClN2O2. The largest absolute Gasteiger partial charge is 0.448 e. The molecule has 1 aromatic carbocycles. The molecule has 1 aliphatic rings. The lowest BCUT2D eigenvalue weighted by molar-refractivity contribution is 0.157. The van der Waals surface area contributed by atoms with Gasteiger partial charge >= 0.3 is 6.09 Å². The number of aromatic nitrogens is 1. The Morgan fingerprint density at radius 3 is 3.00 bits per heavy atom. The van der Waals surface area contributed by atoms with Crippen LogP contribution in [0.15, 0.2) is 30.3 Å². The number of para-hydroxylation sites is 1. The van der Waals surface area contributed by atoms with Crippen molar-refractivity contribution in [2.45, 2.75) is 6.54 Å². The number of ether oxygens (including phenoxy) is 1. The number of halogens is 1. The fourth-order valence-electron chi connectivity index (χ4n) is 2.02. The number of pyridine rings is 1. The number of nitrogens with zero attached hydrogens (tertiary/aromatic N) is 2. The van der Waals surface area contributed by atoms with Gasteiger partial charge in [-0.1, -0.05) is 29.8 Å². The van der Waals surface area contributed by atoms with E-state index in [2.05, 4.69) is 4.98 Å². The molecule has 1 amide bonds. The summed E-state index contributed by atoms with van der Waals surface area (Å²) in [5, 5.41) is 1.46. The summed E-state index contributed by atoms with van der Waals surface area (Å²) in [6, 6.07) is 9.73. The van der Waals surface area contributed by atoms with Crippen molar-refractivity contribution in [1.82, 2.24) is 9.88 Å². The van der Waals surface area contributed by atoms with E-state index in [-0.39, 0.29) is 6.09 Å². The first-order valence-corrected chi connectivity index (χ1v) is 6.08. The van der Waals surface area contributed by atoms with E-state index in [1.165, 1.54) is 0 Å². The zero-order chi connectivity index (χ0) is 12.5. The summed E-state index contributed by atoms with van der Waals surface area (Å²) in [6.07, 6.45) is -0.292. The molecule has 0 radical (unpaired) electrons. The molecule has 0 saturated carbocycles. The number of carbonyl (C=O) groups is 1. The highest BCUT2D eigenvalue weighted by Crippen LogP contribution is 2.22. The molecule has 3 rings (SSSR count). The maximum atomic E-state index is 11.4. The summed E-state index contributed by atoms with van der Waals surface area (Å²) in [5.74, 6) is 0. The van der Waals surface area contributed by atoms with Gasteiger partial charge in [-0.2, -0.15) is 0 Å². The highest BCUT2D eigenvalue weighted by molar-refractivity contribution is 6.30. The number of hydrogen-bond acceptors (Lipinski definition) is 3. The Kier molecular flexibility index (Phi) is 2.80. The van der Waals surface area contributed by atoms with Crippen LogP contribution in [0, 0.1) is 0 Å². The first-order valence-electron chi connectivity index (χ1n) is 5.70. The lowest BCUT2D eigenvalue weighted by Gasteiger charge is -2.13. The van der Waals surface area contributed by atoms with Crippen LogP contribution in [0.2, 0.25) is 5.15 Å². The van der Waals surface area contributed by atoms with Crippen LogP contribution in [-0.2, 0) is 11.3 Å². The van der Waals surface area contributed by atoms with Crippen LogP contribution in [0.4, 0.5) is 4.79 Å². The minimum atomic E-state index is -0.292. The topological polar surface area (TPSA) is 42.4 Å². The van der Waals surface area contributed by atoms with Crippen molar-refractivity contribution < 1.29 is 9.53 Å². The molecule has 0 atom stereocenters. The Morgan fingerprint density at radius 2 is 2.22 bits per heavy atom. The van der Waals surface area contributed by atoms with E-state index in [4.69, 9.17) is 16.3 Å². The Hall–Kier alpha value is -1.81. The predicted octanol–water partition coefficient (Wildman–Crippen LogP) is 2.84. The van der Waals surface area contributed by atoms with Gasteiger partial charge in [-0.25, -0.2) is 9.78 Å². The second kappa shape index (κ2) is 4.46. The van der Waals surface area contributed by atoms with Crippen molar-refractivity contribution in [1.29, 1.82) is 0 Å². The van der Waals surface area contributed by atoms with Gasteiger partial charge in [0.25, 0.3) is 0 Å². The number of rotatable bonds is 2. The monoisotopic (exact) mass is 262 g/mol. The number of amides is 1. The quantitative estimate of drug-likeness (QED) is 0.782. The number of fused-ring (bicyclic) bond motifs is 1. The molecule has 2 heterocycles. The minimum absolute atomic E-state index is 0.292. The summed E-state index contributed by atoms with van der Waals surface area (Å²) in [6.45, 7) is 1.48. The van der Waals surface area contributed by atoms with Crippen molar-refractivity contribution in [3.8, 4) is 0 Å². The fourth-order valence-corrected chi connectivity index (χ4v) is 2.23. The molecule has 18 heavy (non-hydrogen) atoms. The highest BCUT2D eigenvalue weighted by atomic mass is 35.5. The summed E-state index contributed by atoms with van der Waals surface area (Å²) in [4.78, 5) is 17.3. The Balaban J connectivity index is 1.96. The van der Waals surface area contributed by atoms with E-state index >= 15 is 0 Å². The number of hydrogen-bond donors (Lipinski definition) is 0. The van der Waals surface area contributed by atoms with Crippen molar-refractivity contribution in [3.63, 3.8) is 0 Å². The van der Waals surface area contributed by atoms with Gasteiger partial charge in [-0.15, -0.1) is 0 Å². The number of cyclic esters (lactones) is 1. The van der Waals surface area contributed by atoms with Crippen LogP contribution in [0.3, 0.4) is 0 Å². The van der Waals surface area contributed by atoms with Crippen LogP contribution in [0.1, 0.15) is 5.56 Å². The maximum Gasteiger partial charge on any atom is 0.410 e. The highest BCUT2D eigenvalue weighted by Gasteiger charge is 2.22. The van der Waals surface area contributed by atoms with Crippen molar-refractivity contribution >= 4 is 28.6 Å². The Bertz CT molecular complexity index is 615. The molecule has 0 unspecified atom stereocenters. The van der Waals surface area contributed by atoms with Gasteiger partial charge in [-0.3, -0.25) is 0 Å². The van der Waals surface area contributed by atoms with Crippen LogP contribution >= 0.6 is 11.6 Å². The van der Waals surface area contributed by atoms with Crippen molar-refractivity contribution in [2.24, 2.45) is 0 Å². The first-order chi connectivity index (χ1) is 8.74. The molecule has 1 fully saturated rings. The SMILES string of the molecule is O=C1OCCN1Cc1cc2ccccc2nc1Cl. The Labute approximate surface area is 109 Å². The molecule has 92 valence electrons. The second-order valence-corrected chi connectivity index (χ2v) is 4.52. The number of carbonyl (C=O) groups excluding carboxylic acids is 1. The molecule has 1 aliphatic heterocycles. The van der Waals surface area contributed by atoms with Crippen LogP contribution in [0.5, 0.6) is 0 Å². The van der Waals surface area contributed by atoms with Gasteiger partial charge in [0.2, 0.25) is 0 Å². The third-order valence-corrected chi connectivity index (χ3v) is 3.28. The van der Waals surface area contributed by atoms with Gasteiger partial charge < -0.3 is 9.64 Å². The van der Waals surface area contributed by atoms with E-state index in [0.717, 1.165) is 16.5 Å². The molecule has 0 aliphatic carbocycles. The molecular weight excluding hydrogens is 252 g/mol.